The van der Waals surface area contributed by atoms with E-state index in [0.29, 0.717) is 0 Å². The molecule has 2 rings (SSSR count). The zero-order valence-electron chi connectivity index (χ0n) is 10.6. The topological polar surface area (TPSA) is 25.8 Å². The maximum Gasteiger partial charge on any atom is 0.0889 e. The van der Waals surface area contributed by atoms with Crippen LogP contribution in [0, 0.1) is 27.7 Å². The third kappa shape index (κ3) is 2.94. The fourth-order valence-corrected chi connectivity index (χ4v) is 1.53. The third-order valence-corrected chi connectivity index (χ3v) is 3.01. The molecule has 0 fully saturated rings. The van der Waals surface area contributed by atoms with Gasteiger partial charge in [0, 0.05) is 29.8 Å². The van der Waals surface area contributed by atoms with Crippen molar-refractivity contribution < 1.29 is 17.4 Å². The van der Waals surface area contributed by atoms with Crippen molar-refractivity contribution in [3.05, 3.63) is 46.8 Å². The molecular formula is C14H16CrN2. The van der Waals surface area contributed by atoms with Gasteiger partial charge < -0.3 is 0 Å². The first kappa shape index (κ1) is 13.9. The SMILES string of the molecule is Cc1cnc(-c2cc(C)c(C)cn2)cc1C.[Cr]. The standard InChI is InChI=1S/C14H16N2.Cr/c1-9-5-13(15-7-11(9)3)14-6-10(2)12(4)8-16-14;/h5-8H,1-4H3;. The summed E-state index contributed by atoms with van der Waals surface area (Å²) in [6.07, 6.45) is 3.81. The molecule has 2 aromatic rings. The van der Waals surface area contributed by atoms with Crippen molar-refractivity contribution >= 4 is 0 Å². The molecule has 88 valence electrons. The molecule has 0 saturated carbocycles. The average molecular weight is 264 g/mol. The Morgan fingerprint density at radius 1 is 0.647 bits per heavy atom. The molecular weight excluding hydrogens is 248 g/mol. The quantitative estimate of drug-likeness (QED) is 0.789. The molecule has 0 amide bonds. The second-order valence-electron chi connectivity index (χ2n) is 4.31. The van der Waals surface area contributed by atoms with E-state index in [2.05, 4.69) is 49.8 Å². The number of aryl methyl sites for hydroxylation is 4. The molecule has 0 aliphatic heterocycles. The Morgan fingerprint density at radius 2 is 1.00 bits per heavy atom. The average Bonchev–Trinajstić information content (AvgIpc) is 2.26. The molecule has 0 spiro atoms. The minimum atomic E-state index is 0. The second kappa shape index (κ2) is 5.44. The fourth-order valence-electron chi connectivity index (χ4n) is 1.53. The van der Waals surface area contributed by atoms with E-state index in [0.717, 1.165) is 11.4 Å². The summed E-state index contributed by atoms with van der Waals surface area (Å²) in [5, 5.41) is 0. The number of pyridine rings is 2. The Labute approximate surface area is 113 Å². The molecule has 0 aromatic carbocycles. The normalized spacial score (nSPS) is 9.88. The van der Waals surface area contributed by atoms with Crippen molar-refractivity contribution in [3.8, 4) is 11.4 Å². The van der Waals surface area contributed by atoms with Crippen LogP contribution in [0.3, 0.4) is 0 Å². The van der Waals surface area contributed by atoms with Gasteiger partial charge in [0.2, 0.25) is 0 Å². The van der Waals surface area contributed by atoms with Gasteiger partial charge in [-0.2, -0.15) is 0 Å². The first-order valence-electron chi connectivity index (χ1n) is 5.45. The third-order valence-electron chi connectivity index (χ3n) is 3.01. The van der Waals surface area contributed by atoms with E-state index in [-0.39, 0.29) is 17.4 Å². The number of rotatable bonds is 1. The van der Waals surface area contributed by atoms with Gasteiger partial charge >= 0.3 is 0 Å². The summed E-state index contributed by atoms with van der Waals surface area (Å²) in [5.41, 5.74) is 6.84. The molecule has 2 aromatic heterocycles. The van der Waals surface area contributed by atoms with Crippen LogP contribution in [0.1, 0.15) is 22.3 Å². The van der Waals surface area contributed by atoms with Gasteiger partial charge in [-0.1, -0.05) is 0 Å². The first-order valence-corrected chi connectivity index (χ1v) is 5.45. The zero-order valence-corrected chi connectivity index (χ0v) is 11.9. The fraction of sp³-hybridized carbons (Fsp3) is 0.286. The molecule has 0 aliphatic carbocycles. The van der Waals surface area contributed by atoms with E-state index in [9.17, 15) is 0 Å². The van der Waals surface area contributed by atoms with Crippen LogP contribution in [-0.2, 0) is 17.4 Å². The maximum atomic E-state index is 4.42. The van der Waals surface area contributed by atoms with Crippen LogP contribution in [0.4, 0.5) is 0 Å². The zero-order chi connectivity index (χ0) is 11.7. The van der Waals surface area contributed by atoms with E-state index in [4.69, 9.17) is 0 Å². The summed E-state index contributed by atoms with van der Waals surface area (Å²) in [6.45, 7) is 8.34. The smallest absolute Gasteiger partial charge is 0.0889 e. The van der Waals surface area contributed by atoms with Crippen molar-refractivity contribution in [2.24, 2.45) is 0 Å². The number of hydrogen-bond acceptors (Lipinski definition) is 2. The molecule has 2 nitrogen and oxygen atoms in total. The van der Waals surface area contributed by atoms with Gasteiger partial charge in [-0.05, 0) is 62.1 Å². The van der Waals surface area contributed by atoms with E-state index < -0.39 is 0 Å². The molecule has 0 radical (unpaired) electrons. The van der Waals surface area contributed by atoms with Crippen LogP contribution in [0.25, 0.3) is 11.4 Å². The van der Waals surface area contributed by atoms with Crippen LogP contribution in [0.2, 0.25) is 0 Å². The van der Waals surface area contributed by atoms with Gasteiger partial charge in [0.05, 0.1) is 11.4 Å². The van der Waals surface area contributed by atoms with Crippen LogP contribution in [0.5, 0.6) is 0 Å². The minimum Gasteiger partial charge on any atom is -0.254 e. The van der Waals surface area contributed by atoms with E-state index >= 15 is 0 Å². The molecule has 0 N–H and O–H groups in total. The molecule has 0 saturated heterocycles. The summed E-state index contributed by atoms with van der Waals surface area (Å²) in [5.74, 6) is 0. The predicted octanol–water partition coefficient (Wildman–Crippen LogP) is 3.37. The van der Waals surface area contributed by atoms with Crippen LogP contribution in [0.15, 0.2) is 24.5 Å². The molecule has 2 heterocycles. The predicted molar refractivity (Wildman–Crippen MR) is 66.4 cm³/mol. The van der Waals surface area contributed by atoms with Crippen molar-refractivity contribution in [1.29, 1.82) is 0 Å². The van der Waals surface area contributed by atoms with E-state index in [1.54, 1.807) is 0 Å². The number of aromatic nitrogens is 2. The molecule has 0 aliphatic rings. The first-order chi connectivity index (χ1) is 7.58. The Balaban J connectivity index is 0.00000144. The molecule has 0 bridgehead atoms. The molecule has 0 unspecified atom stereocenters. The van der Waals surface area contributed by atoms with Crippen molar-refractivity contribution in [1.82, 2.24) is 9.97 Å². The van der Waals surface area contributed by atoms with E-state index in [1.807, 2.05) is 12.4 Å². The van der Waals surface area contributed by atoms with Crippen molar-refractivity contribution in [3.63, 3.8) is 0 Å². The summed E-state index contributed by atoms with van der Waals surface area (Å²) in [6, 6.07) is 4.18. The van der Waals surface area contributed by atoms with Crippen LogP contribution >= 0.6 is 0 Å². The summed E-state index contributed by atoms with van der Waals surface area (Å²) in [4.78, 5) is 8.84. The van der Waals surface area contributed by atoms with Gasteiger partial charge in [0.25, 0.3) is 0 Å². The Hall–Kier alpha value is -1.17. The van der Waals surface area contributed by atoms with Gasteiger partial charge in [-0.3, -0.25) is 9.97 Å². The van der Waals surface area contributed by atoms with Gasteiger partial charge in [-0.25, -0.2) is 0 Å². The number of hydrogen-bond donors (Lipinski definition) is 0. The second-order valence-corrected chi connectivity index (χ2v) is 4.31. The maximum absolute atomic E-state index is 4.42. The van der Waals surface area contributed by atoms with Crippen molar-refractivity contribution in [2.75, 3.05) is 0 Å². The van der Waals surface area contributed by atoms with Crippen molar-refractivity contribution in [2.45, 2.75) is 27.7 Å². The largest absolute Gasteiger partial charge is 0.254 e. The Kier molecular flexibility index (Phi) is 4.45. The van der Waals surface area contributed by atoms with Gasteiger partial charge in [0.15, 0.2) is 0 Å². The van der Waals surface area contributed by atoms with Gasteiger partial charge in [0.1, 0.15) is 0 Å². The van der Waals surface area contributed by atoms with E-state index in [1.165, 1.54) is 22.3 Å². The monoisotopic (exact) mass is 264 g/mol. The summed E-state index contributed by atoms with van der Waals surface area (Å²) >= 11 is 0. The molecule has 17 heavy (non-hydrogen) atoms. The minimum absolute atomic E-state index is 0. The van der Waals surface area contributed by atoms with Gasteiger partial charge in [-0.15, -0.1) is 0 Å². The summed E-state index contributed by atoms with van der Waals surface area (Å²) < 4.78 is 0. The summed E-state index contributed by atoms with van der Waals surface area (Å²) in [7, 11) is 0. The Bertz CT molecular complexity index is 486. The Morgan fingerprint density at radius 3 is 1.29 bits per heavy atom. The molecule has 3 heteroatoms. The van der Waals surface area contributed by atoms with Crippen LogP contribution in [-0.4, -0.2) is 9.97 Å². The molecule has 0 atom stereocenters. The van der Waals surface area contributed by atoms with Crippen LogP contribution < -0.4 is 0 Å². The number of nitrogens with zero attached hydrogens (tertiary/aromatic N) is 2.